The summed E-state index contributed by atoms with van der Waals surface area (Å²) < 4.78 is 11.6. The van der Waals surface area contributed by atoms with Crippen molar-refractivity contribution >= 4 is 17.5 Å². The highest BCUT2D eigenvalue weighted by Crippen LogP contribution is 2.27. The van der Waals surface area contributed by atoms with Crippen molar-refractivity contribution in [3.8, 4) is 11.5 Å². The van der Waals surface area contributed by atoms with Gasteiger partial charge in [-0.1, -0.05) is 0 Å². The van der Waals surface area contributed by atoms with Gasteiger partial charge >= 0.3 is 0 Å². The molecule has 0 aliphatic carbocycles. The highest BCUT2D eigenvalue weighted by molar-refractivity contribution is 6.05. The lowest BCUT2D eigenvalue weighted by atomic mass is 10.1. The van der Waals surface area contributed by atoms with Gasteiger partial charge in [0.05, 0.1) is 19.8 Å². The van der Waals surface area contributed by atoms with Crippen LogP contribution in [0.25, 0.3) is 0 Å². The van der Waals surface area contributed by atoms with Gasteiger partial charge in [0.25, 0.3) is 17.4 Å². The van der Waals surface area contributed by atoms with Gasteiger partial charge in [-0.05, 0) is 24.3 Å². The van der Waals surface area contributed by atoms with Gasteiger partial charge in [-0.25, -0.2) is 0 Å². The second-order valence-electron chi connectivity index (χ2n) is 5.78. The van der Waals surface area contributed by atoms with Crippen LogP contribution in [-0.4, -0.2) is 49.6 Å². The summed E-state index contributed by atoms with van der Waals surface area (Å²) >= 11 is 0. The number of hydrogen-bond donors (Lipinski definition) is 1. The predicted molar refractivity (Wildman–Crippen MR) is 97.2 cm³/mol. The Morgan fingerprint density at radius 2 is 1.69 bits per heavy atom. The molecule has 0 radical (unpaired) electrons. The van der Waals surface area contributed by atoms with E-state index >= 15 is 0 Å². The maximum Gasteiger partial charge on any atom is 0.274 e. The van der Waals surface area contributed by atoms with Crippen molar-refractivity contribution in [2.45, 2.75) is 0 Å². The largest absolute Gasteiger partial charge is 0.493 e. The van der Waals surface area contributed by atoms with E-state index in [1.165, 1.54) is 49.1 Å². The summed E-state index contributed by atoms with van der Waals surface area (Å²) in [5.74, 6) is 0.0999. The molecule has 1 heterocycles. The van der Waals surface area contributed by atoms with Crippen LogP contribution in [0.15, 0.2) is 35.3 Å². The molecule has 138 valence electrons. The fourth-order valence-electron chi connectivity index (χ4n) is 2.35. The third kappa shape index (κ3) is 3.85. The molecule has 0 saturated carbocycles. The number of hydrogen-bond acceptors (Lipinski definition) is 5. The van der Waals surface area contributed by atoms with Crippen molar-refractivity contribution in [2.24, 2.45) is 7.05 Å². The van der Waals surface area contributed by atoms with Gasteiger partial charge in [0.15, 0.2) is 11.5 Å². The Bertz CT molecular complexity index is 902. The maximum atomic E-state index is 12.5. The van der Waals surface area contributed by atoms with Gasteiger partial charge in [-0.2, -0.15) is 0 Å². The molecular weight excluding hydrogens is 338 g/mol. The van der Waals surface area contributed by atoms with Gasteiger partial charge in [0.2, 0.25) is 0 Å². The molecule has 2 aromatic rings. The van der Waals surface area contributed by atoms with Crippen LogP contribution in [0.4, 0.5) is 5.69 Å². The Balaban J connectivity index is 2.37. The molecule has 1 aromatic carbocycles. The second kappa shape index (κ2) is 7.73. The minimum Gasteiger partial charge on any atom is -0.493 e. The van der Waals surface area contributed by atoms with Gasteiger partial charge in [0, 0.05) is 32.9 Å². The van der Waals surface area contributed by atoms with Crippen molar-refractivity contribution in [2.75, 3.05) is 33.6 Å². The molecule has 26 heavy (non-hydrogen) atoms. The van der Waals surface area contributed by atoms with Crippen molar-refractivity contribution in [3.05, 3.63) is 51.9 Å². The highest BCUT2D eigenvalue weighted by atomic mass is 16.5. The lowest BCUT2D eigenvalue weighted by Gasteiger charge is -2.13. The number of nitrogens with zero attached hydrogens (tertiary/aromatic N) is 2. The van der Waals surface area contributed by atoms with E-state index < -0.39 is 11.5 Å². The van der Waals surface area contributed by atoms with Crippen LogP contribution in [0.2, 0.25) is 0 Å². The first-order chi connectivity index (χ1) is 12.3. The first-order valence-corrected chi connectivity index (χ1v) is 7.74. The lowest BCUT2D eigenvalue weighted by molar-refractivity contribution is 0.0826. The van der Waals surface area contributed by atoms with E-state index in [4.69, 9.17) is 9.47 Å². The van der Waals surface area contributed by atoms with E-state index in [0.717, 1.165) is 0 Å². The van der Waals surface area contributed by atoms with Crippen molar-refractivity contribution in [1.29, 1.82) is 0 Å². The molecule has 0 atom stereocenters. The molecule has 1 aromatic heterocycles. The van der Waals surface area contributed by atoms with Crippen LogP contribution in [0.3, 0.4) is 0 Å². The number of nitrogens with one attached hydrogen (secondary N) is 1. The Morgan fingerprint density at radius 3 is 2.27 bits per heavy atom. The number of amides is 2. The average Bonchev–Trinajstić information content (AvgIpc) is 2.63. The summed E-state index contributed by atoms with van der Waals surface area (Å²) in [6.07, 6.45) is 1.43. The molecular formula is C18H21N3O5. The third-order valence-corrected chi connectivity index (χ3v) is 3.73. The summed E-state index contributed by atoms with van der Waals surface area (Å²) in [7, 11) is 7.69. The van der Waals surface area contributed by atoms with E-state index in [1.54, 1.807) is 26.2 Å². The molecule has 8 nitrogen and oxygen atoms in total. The Kier molecular flexibility index (Phi) is 5.66. The molecule has 0 spiro atoms. The first-order valence-electron chi connectivity index (χ1n) is 7.74. The molecule has 0 bridgehead atoms. The van der Waals surface area contributed by atoms with Crippen molar-refractivity contribution in [3.63, 3.8) is 0 Å². The number of aromatic nitrogens is 1. The number of carbonyl (C=O) groups is 2. The Morgan fingerprint density at radius 1 is 1.04 bits per heavy atom. The van der Waals surface area contributed by atoms with Crippen LogP contribution < -0.4 is 20.3 Å². The topological polar surface area (TPSA) is 89.9 Å². The maximum absolute atomic E-state index is 12.5. The SMILES string of the molecule is COc1ccc(C(=O)Nc2cc(C(=O)N(C)C)cn(C)c2=O)cc1OC. The number of carbonyl (C=O) groups excluding carboxylic acids is 2. The molecule has 1 N–H and O–H groups in total. The summed E-state index contributed by atoms with van der Waals surface area (Å²) in [6, 6.07) is 6.02. The monoisotopic (exact) mass is 359 g/mol. The Labute approximate surface area is 150 Å². The fourth-order valence-corrected chi connectivity index (χ4v) is 2.35. The van der Waals surface area contributed by atoms with Crippen molar-refractivity contribution in [1.82, 2.24) is 9.47 Å². The molecule has 0 fully saturated rings. The van der Waals surface area contributed by atoms with Crippen LogP contribution >= 0.6 is 0 Å². The van der Waals surface area contributed by atoms with E-state index in [-0.39, 0.29) is 17.2 Å². The van der Waals surface area contributed by atoms with Gasteiger partial charge in [-0.15, -0.1) is 0 Å². The van der Waals surface area contributed by atoms with E-state index in [2.05, 4.69) is 5.32 Å². The zero-order valence-electron chi connectivity index (χ0n) is 15.3. The number of rotatable bonds is 5. The highest BCUT2D eigenvalue weighted by Gasteiger charge is 2.16. The normalized spacial score (nSPS) is 10.2. The average molecular weight is 359 g/mol. The summed E-state index contributed by atoms with van der Waals surface area (Å²) in [6.45, 7) is 0. The summed E-state index contributed by atoms with van der Waals surface area (Å²) in [4.78, 5) is 38.3. The molecule has 0 saturated heterocycles. The standard InChI is InChI=1S/C18H21N3O5/c1-20(2)17(23)12-8-13(18(24)21(3)10-12)19-16(22)11-6-7-14(25-4)15(9-11)26-5/h6-10H,1-5H3,(H,19,22). The van der Waals surface area contributed by atoms with Crippen LogP contribution in [0.5, 0.6) is 11.5 Å². The van der Waals surface area contributed by atoms with Crippen LogP contribution in [0.1, 0.15) is 20.7 Å². The summed E-state index contributed by atoms with van der Waals surface area (Å²) in [5, 5.41) is 2.55. The second-order valence-corrected chi connectivity index (χ2v) is 5.78. The zero-order valence-corrected chi connectivity index (χ0v) is 15.3. The van der Waals surface area contributed by atoms with E-state index in [1.807, 2.05) is 0 Å². The minimum absolute atomic E-state index is 0.0139. The fraction of sp³-hybridized carbons (Fsp3) is 0.278. The number of ether oxygens (including phenoxy) is 2. The zero-order chi connectivity index (χ0) is 19.4. The number of anilines is 1. The van der Waals surface area contributed by atoms with E-state index in [0.29, 0.717) is 17.1 Å². The van der Waals surface area contributed by atoms with Crippen LogP contribution in [-0.2, 0) is 7.05 Å². The number of methoxy groups -OCH3 is 2. The molecule has 0 unspecified atom stereocenters. The number of benzene rings is 1. The van der Waals surface area contributed by atoms with E-state index in [9.17, 15) is 14.4 Å². The molecule has 2 rings (SSSR count). The van der Waals surface area contributed by atoms with Gasteiger partial charge < -0.3 is 24.3 Å². The van der Waals surface area contributed by atoms with Crippen LogP contribution in [0, 0.1) is 0 Å². The quantitative estimate of drug-likeness (QED) is 0.870. The smallest absolute Gasteiger partial charge is 0.274 e. The van der Waals surface area contributed by atoms with Crippen molar-refractivity contribution < 1.29 is 19.1 Å². The molecule has 0 aliphatic rings. The molecule has 8 heteroatoms. The number of pyridine rings is 1. The molecule has 2 amide bonds. The third-order valence-electron chi connectivity index (χ3n) is 3.73. The van der Waals surface area contributed by atoms with Gasteiger partial charge in [-0.3, -0.25) is 14.4 Å². The Hall–Kier alpha value is -3.29. The summed E-state index contributed by atoms with van der Waals surface area (Å²) in [5.41, 5.74) is 0.169. The van der Waals surface area contributed by atoms with Gasteiger partial charge in [0.1, 0.15) is 5.69 Å². The first kappa shape index (κ1) is 19.0. The predicted octanol–water partition coefficient (Wildman–Crippen LogP) is 1.36. The minimum atomic E-state index is -0.502. The lowest BCUT2D eigenvalue weighted by Crippen LogP contribution is -2.28. The number of aryl methyl sites for hydroxylation is 1. The molecule has 0 aliphatic heterocycles.